The number of fused-ring (bicyclic) bond motifs is 1. The first-order chi connectivity index (χ1) is 12.8. The van der Waals surface area contributed by atoms with Crippen molar-refractivity contribution in [2.75, 3.05) is 13.4 Å². The molecular weight excluding hydrogens is 330 g/mol. The van der Waals surface area contributed by atoms with Crippen molar-refractivity contribution in [2.24, 2.45) is 0 Å². The minimum Gasteiger partial charge on any atom is -0.484 e. The number of rotatable bonds is 6. The molecule has 1 heterocycles. The van der Waals surface area contributed by atoms with E-state index >= 15 is 0 Å². The van der Waals surface area contributed by atoms with Gasteiger partial charge in [-0.15, -0.1) is 0 Å². The zero-order valence-electron chi connectivity index (χ0n) is 14.7. The van der Waals surface area contributed by atoms with Crippen molar-refractivity contribution in [2.45, 2.75) is 38.3 Å². The molecule has 26 heavy (non-hydrogen) atoms. The molecule has 2 aromatic carbocycles. The molecule has 1 fully saturated rings. The average Bonchev–Trinajstić information content (AvgIpc) is 3.36. The lowest BCUT2D eigenvalue weighted by Crippen LogP contribution is -2.41. The summed E-state index contributed by atoms with van der Waals surface area (Å²) in [5, 5.41) is 0. The predicted molar refractivity (Wildman–Crippen MR) is 97.3 cm³/mol. The summed E-state index contributed by atoms with van der Waals surface area (Å²) in [5.41, 5.74) is 1.05. The van der Waals surface area contributed by atoms with Crippen LogP contribution in [-0.4, -0.2) is 30.2 Å². The topological polar surface area (TPSA) is 48.0 Å². The Balaban J connectivity index is 1.46. The first-order valence-corrected chi connectivity index (χ1v) is 9.15. The molecule has 136 valence electrons. The molecule has 5 nitrogen and oxygen atoms in total. The lowest BCUT2D eigenvalue weighted by Gasteiger charge is -2.29. The van der Waals surface area contributed by atoms with Crippen molar-refractivity contribution >= 4 is 5.91 Å². The zero-order valence-corrected chi connectivity index (χ0v) is 14.7. The van der Waals surface area contributed by atoms with Crippen LogP contribution in [-0.2, 0) is 11.3 Å². The van der Waals surface area contributed by atoms with Crippen LogP contribution in [0.25, 0.3) is 0 Å². The molecule has 1 aliphatic heterocycles. The second-order valence-corrected chi connectivity index (χ2v) is 6.75. The molecule has 1 saturated carbocycles. The molecule has 0 unspecified atom stereocenters. The quantitative estimate of drug-likeness (QED) is 0.793. The smallest absolute Gasteiger partial charge is 0.261 e. The van der Waals surface area contributed by atoms with E-state index in [0.29, 0.717) is 6.54 Å². The van der Waals surface area contributed by atoms with Crippen molar-refractivity contribution in [3.63, 3.8) is 0 Å². The summed E-state index contributed by atoms with van der Waals surface area (Å²) in [6, 6.07) is 15.6. The van der Waals surface area contributed by atoms with E-state index in [1.165, 1.54) is 12.8 Å². The molecule has 1 amide bonds. The molecule has 5 heteroatoms. The number of carbonyl (C=O) groups excluding carboxylic acids is 1. The van der Waals surface area contributed by atoms with E-state index in [-0.39, 0.29) is 25.3 Å². The summed E-state index contributed by atoms with van der Waals surface area (Å²) < 4.78 is 16.5. The molecule has 0 spiro atoms. The number of carbonyl (C=O) groups is 1. The van der Waals surface area contributed by atoms with Crippen LogP contribution in [0.5, 0.6) is 17.2 Å². The molecule has 0 saturated heterocycles. The number of nitrogens with zero attached hydrogens (tertiary/aromatic N) is 1. The first-order valence-electron chi connectivity index (χ1n) is 9.15. The van der Waals surface area contributed by atoms with E-state index in [0.717, 1.165) is 35.7 Å². The molecular formula is C21H23NO4. The highest BCUT2D eigenvalue weighted by Gasteiger charge is 2.27. The van der Waals surface area contributed by atoms with Crippen molar-refractivity contribution < 1.29 is 19.0 Å². The molecule has 0 aromatic heterocycles. The monoisotopic (exact) mass is 353 g/mol. The van der Waals surface area contributed by atoms with Gasteiger partial charge < -0.3 is 19.1 Å². The van der Waals surface area contributed by atoms with Gasteiger partial charge in [0, 0.05) is 12.6 Å². The Morgan fingerprint density at radius 3 is 2.62 bits per heavy atom. The summed E-state index contributed by atoms with van der Waals surface area (Å²) >= 11 is 0. The summed E-state index contributed by atoms with van der Waals surface area (Å²) in [7, 11) is 0. The third kappa shape index (κ3) is 3.77. The Labute approximate surface area is 153 Å². The fourth-order valence-corrected chi connectivity index (χ4v) is 3.62. The molecule has 0 atom stereocenters. The van der Waals surface area contributed by atoms with Crippen LogP contribution in [0, 0.1) is 0 Å². The maximum absolute atomic E-state index is 12.9. The minimum atomic E-state index is 0.0263. The Hall–Kier alpha value is -2.69. The Morgan fingerprint density at radius 1 is 1.04 bits per heavy atom. The van der Waals surface area contributed by atoms with Crippen LogP contribution in [0.15, 0.2) is 48.5 Å². The Kier molecular flexibility index (Phi) is 4.95. The average molecular weight is 353 g/mol. The molecule has 4 rings (SSSR count). The third-order valence-corrected chi connectivity index (χ3v) is 4.98. The number of benzene rings is 2. The van der Waals surface area contributed by atoms with Crippen molar-refractivity contribution in [1.82, 2.24) is 4.90 Å². The lowest BCUT2D eigenvalue weighted by atomic mass is 10.1. The van der Waals surface area contributed by atoms with Gasteiger partial charge >= 0.3 is 0 Å². The first kappa shape index (κ1) is 16.8. The maximum atomic E-state index is 12.9. The maximum Gasteiger partial charge on any atom is 0.261 e. The largest absolute Gasteiger partial charge is 0.484 e. The van der Waals surface area contributed by atoms with Gasteiger partial charge in [0.05, 0.1) is 0 Å². The van der Waals surface area contributed by atoms with E-state index in [1.54, 1.807) is 0 Å². The van der Waals surface area contributed by atoms with Crippen molar-refractivity contribution in [1.29, 1.82) is 0 Å². The third-order valence-electron chi connectivity index (χ3n) is 4.98. The van der Waals surface area contributed by atoms with Crippen LogP contribution in [0.1, 0.15) is 31.2 Å². The number of ether oxygens (including phenoxy) is 3. The van der Waals surface area contributed by atoms with Gasteiger partial charge in [-0.05, 0) is 42.7 Å². The standard InChI is InChI=1S/C21H23NO4/c23-21(14-24-18-8-2-1-3-9-18)22(17-6-4-5-7-17)13-16-10-11-19-20(12-16)26-15-25-19/h1-3,8-12,17H,4-7,13-15H2. The predicted octanol–water partition coefficient (Wildman–Crippen LogP) is 3.77. The zero-order chi connectivity index (χ0) is 17.8. The summed E-state index contributed by atoms with van der Waals surface area (Å²) in [6.07, 6.45) is 4.47. The fraction of sp³-hybridized carbons (Fsp3) is 0.381. The molecule has 0 radical (unpaired) electrons. The highest BCUT2D eigenvalue weighted by Crippen LogP contribution is 2.33. The molecule has 0 N–H and O–H groups in total. The van der Waals surface area contributed by atoms with Gasteiger partial charge in [0.15, 0.2) is 18.1 Å². The van der Waals surface area contributed by atoms with E-state index in [2.05, 4.69) is 0 Å². The lowest BCUT2D eigenvalue weighted by molar-refractivity contribution is -0.136. The Bertz CT molecular complexity index is 756. The van der Waals surface area contributed by atoms with Crippen LogP contribution >= 0.6 is 0 Å². The fourth-order valence-electron chi connectivity index (χ4n) is 3.62. The SMILES string of the molecule is O=C(COc1ccccc1)N(Cc1ccc2c(c1)OCO2)C1CCCC1. The van der Waals surface area contributed by atoms with Crippen LogP contribution in [0.4, 0.5) is 0 Å². The number of hydrogen-bond donors (Lipinski definition) is 0. The van der Waals surface area contributed by atoms with E-state index < -0.39 is 0 Å². The normalized spacial score (nSPS) is 15.8. The van der Waals surface area contributed by atoms with E-state index in [4.69, 9.17) is 14.2 Å². The Morgan fingerprint density at radius 2 is 1.81 bits per heavy atom. The highest BCUT2D eigenvalue weighted by molar-refractivity contribution is 5.78. The summed E-state index contributed by atoms with van der Waals surface area (Å²) in [4.78, 5) is 14.9. The molecule has 1 aliphatic carbocycles. The number of hydrogen-bond acceptors (Lipinski definition) is 4. The minimum absolute atomic E-state index is 0.0263. The van der Waals surface area contributed by atoms with Gasteiger partial charge in [0.1, 0.15) is 5.75 Å². The molecule has 2 aromatic rings. The van der Waals surface area contributed by atoms with Gasteiger partial charge in [0.25, 0.3) is 5.91 Å². The van der Waals surface area contributed by atoms with Crippen LogP contribution in [0.2, 0.25) is 0 Å². The van der Waals surface area contributed by atoms with Gasteiger partial charge in [-0.3, -0.25) is 4.79 Å². The van der Waals surface area contributed by atoms with Gasteiger partial charge in [0.2, 0.25) is 6.79 Å². The van der Waals surface area contributed by atoms with Gasteiger partial charge in [-0.2, -0.15) is 0 Å². The van der Waals surface area contributed by atoms with E-state index in [9.17, 15) is 4.79 Å². The van der Waals surface area contributed by atoms with Crippen LogP contribution in [0.3, 0.4) is 0 Å². The number of para-hydroxylation sites is 1. The van der Waals surface area contributed by atoms with Gasteiger partial charge in [-0.1, -0.05) is 37.1 Å². The van der Waals surface area contributed by atoms with Crippen molar-refractivity contribution in [3.8, 4) is 17.2 Å². The second-order valence-electron chi connectivity index (χ2n) is 6.75. The van der Waals surface area contributed by atoms with E-state index in [1.807, 2.05) is 53.4 Å². The highest BCUT2D eigenvalue weighted by atomic mass is 16.7. The summed E-state index contributed by atoms with van der Waals surface area (Å²) in [5.74, 6) is 2.26. The molecule has 2 aliphatic rings. The van der Waals surface area contributed by atoms with Crippen molar-refractivity contribution in [3.05, 3.63) is 54.1 Å². The number of amides is 1. The van der Waals surface area contributed by atoms with Crippen LogP contribution < -0.4 is 14.2 Å². The summed E-state index contributed by atoms with van der Waals surface area (Å²) in [6.45, 7) is 0.887. The van der Waals surface area contributed by atoms with Gasteiger partial charge in [-0.25, -0.2) is 0 Å². The second kappa shape index (κ2) is 7.68. The molecule has 0 bridgehead atoms.